The number of amides is 2. The second kappa shape index (κ2) is 2.82. The van der Waals surface area contributed by atoms with E-state index < -0.39 is 0 Å². The van der Waals surface area contributed by atoms with Crippen molar-refractivity contribution < 1.29 is 9.59 Å². The number of fused-ring (bicyclic) bond motifs is 1. The molecular formula is C10H15NO2. The maximum atomic E-state index is 11.4. The first kappa shape index (κ1) is 8.73. The fourth-order valence-corrected chi connectivity index (χ4v) is 2.72. The quantitative estimate of drug-likeness (QED) is 0.565. The monoisotopic (exact) mass is 181 g/mol. The molecule has 2 fully saturated rings. The molecule has 0 bridgehead atoms. The van der Waals surface area contributed by atoms with Crippen LogP contribution in [0.25, 0.3) is 0 Å². The van der Waals surface area contributed by atoms with Crippen molar-refractivity contribution in [3.8, 4) is 0 Å². The van der Waals surface area contributed by atoms with E-state index in [1.165, 1.54) is 0 Å². The predicted octanol–water partition coefficient (Wildman–Crippen LogP) is 0.941. The molecule has 2 aliphatic rings. The highest BCUT2D eigenvalue weighted by molar-refractivity contribution is 6.05. The summed E-state index contributed by atoms with van der Waals surface area (Å²) in [7, 11) is 0. The molecule has 1 saturated carbocycles. The first-order valence-electron chi connectivity index (χ1n) is 4.96. The Bertz CT molecular complexity index is 236. The highest BCUT2D eigenvalue weighted by Gasteiger charge is 2.49. The Labute approximate surface area is 77.9 Å². The number of carbonyl (C=O) groups is 2. The highest BCUT2D eigenvalue weighted by Crippen LogP contribution is 2.41. The molecule has 0 radical (unpaired) electrons. The van der Waals surface area contributed by atoms with Gasteiger partial charge in [-0.2, -0.15) is 0 Å². The van der Waals surface area contributed by atoms with Gasteiger partial charge in [0.25, 0.3) is 0 Å². The van der Waals surface area contributed by atoms with E-state index in [0.29, 0.717) is 11.8 Å². The molecule has 0 aromatic rings. The summed E-state index contributed by atoms with van der Waals surface area (Å²) in [4.78, 5) is 22.9. The van der Waals surface area contributed by atoms with Crippen LogP contribution in [0.15, 0.2) is 0 Å². The van der Waals surface area contributed by atoms with E-state index >= 15 is 0 Å². The molecule has 72 valence electrons. The van der Waals surface area contributed by atoms with Crippen molar-refractivity contribution in [3.63, 3.8) is 0 Å². The number of hydrogen-bond donors (Lipinski definition) is 1. The molecular weight excluding hydrogens is 166 g/mol. The molecule has 3 heteroatoms. The van der Waals surface area contributed by atoms with E-state index in [2.05, 4.69) is 19.2 Å². The standard InChI is InChI=1S/C10H15NO2/c1-5-3-4-6(2)8-7(5)9(12)11-10(8)13/h5-8H,3-4H2,1-2H3,(H,11,12,13)/t5?,6?,7-,8-/m1/s1. The zero-order valence-electron chi connectivity index (χ0n) is 8.04. The van der Waals surface area contributed by atoms with Crippen LogP contribution in [0.3, 0.4) is 0 Å². The summed E-state index contributed by atoms with van der Waals surface area (Å²) in [6, 6.07) is 0. The van der Waals surface area contributed by atoms with Crippen LogP contribution in [0.5, 0.6) is 0 Å². The van der Waals surface area contributed by atoms with Gasteiger partial charge >= 0.3 is 0 Å². The maximum Gasteiger partial charge on any atom is 0.230 e. The van der Waals surface area contributed by atoms with Crippen LogP contribution in [0, 0.1) is 23.7 Å². The van der Waals surface area contributed by atoms with Gasteiger partial charge in [0.15, 0.2) is 0 Å². The van der Waals surface area contributed by atoms with E-state index in [1.54, 1.807) is 0 Å². The minimum absolute atomic E-state index is 0.0451. The van der Waals surface area contributed by atoms with Gasteiger partial charge in [0.1, 0.15) is 0 Å². The Morgan fingerprint density at radius 1 is 1.00 bits per heavy atom. The van der Waals surface area contributed by atoms with Gasteiger partial charge in [-0.25, -0.2) is 0 Å². The van der Waals surface area contributed by atoms with Crippen LogP contribution in [-0.4, -0.2) is 11.8 Å². The largest absolute Gasteiger partial charge is 0.296 e. The SMILES string of the molecule is CC1CCC(C)[C@H]2C(=O)NC(=O)[C@H]12. The van der Waals surface area contributed by atoms with E-state index in [9.17, 15) is 9.59 Å². The molecule has 0 aromatic heterocycles. The van der Waals surface area contributed by atoms with Crippen molar-refractivity contribution in [1.29, 1.82) is 0 Å². The average Bonchev–Trinajstić information content (AvgIpc) is 2.36. The minimum Gasteiger partial charge on any atom is -0.296 e. The molecule has 1 aliphatic carbocycles. The van der Waals surface area contributed by atoms with Gasteiger partial charge in [-0.15, -0.1) is 0 Å². The summed E-state index contributed by atoms with van der Waals surface area (Å²) in [5.74, 6) is 0.552. The van der Waals surface area contributed by atoms with Crippen LogP contribution >= 0.6 is 0 Å². The fraction of sp³-hybridized carbons (Fsp3) is 0.800. The maximum absolute atomic E-state index is 11.4. The number of imide groups is 1. The van der Waals surface area contributed by atoms with E-state index in [-0.39, 0.29) is 23.7 Å². The first-order valence-corrected chi connectivity index (χ1v) is 4.96. The van der Waals surface area contributed by atoms with Crippen molar-refractivity contribution >= 4 is 11.8 Å². The third-order valence-electron chi connectivity index (χ3n) is 3.54. The van der Waals surface area contributed by atoms with Crippen LogP contribution in [0.2, 0.25) is 0 Å². The molecule has 4 atom stereocenters. The summed E-state index contributed by atoms with van der Waals surface area (Å²) in [5.41, 5.74) is 0. The molecule has 13 heavy (non-hydrogen) atoms. The number of hydrogen-bond acceptors (Lipinski definition) is 2. The van der Waals surface area contributed by atoms with Crippen LogP contribution in [0.4, 0.5) is 0 Å². The predicted molar refractivity (Wildman–Crippen MR) is 47.7 cm³/mol. The van der Waals surface area contributed by atoms with Gasteiger partial charge in [-0.3, -0.25) is 14.9 Å². The van der Waals surface area contributed by atoms with E-state index in [4.69, 9.17) is 0 Å². The third-order valence-corrected chi connectivity index (χ3v) is 3.54. The molecule has 1 aliphatic heterocycles. The van der Waals surface area contributed by atoms with Crippen molar-refractivity contribution in [3.05, 3.63) is 0 Å². The van der Waals surface area contributed by atoms with Gasteiger partial charge < -0.3 is 0 Å². The molecule has 1 saturated heterocycles. The number of nitrogens with one attached hydrogen (secondary N) is 1. The number of carbonyl (C=O) groups excluding carboxylic acids is 2. The Kier molecular flexibility index (Phi) is 1.90. The summed E-state index contributed by atoms with van der Waals surface area (Å²) in [6.45, 7) is 4.14. The van der Waals surface area contributed by atoms with Gasteiger partial charge in [-0.1, -0.05) is 13.8 Å². The highest BCUT2D eigenvalue weighted by atomic mass is 16.2. The average molecular weight is 181 g/mol. The van der Waals surface area contributed by atoms with E-state index in [1.807, 2.05) is 0 Å². The smallest absolute Gasteiger partial charge is 0.230 e. The molecule has 3 nitrogen and oxygen atoms in total. The summed E-state index contributed by atoms with van der Waals surface area (Å²) in [5, 5.41) is 2.44. The molecule has 1 heterocycles. The Morgan fingerprint density at radius 2 is 1.38 bits per heavy atom. The molecule has 2 amide bonds. The fourth-order valence-electron chi connectivity index (χ4n) is 2.72. The van der Waals surface area contributed by atoms with Crippen molar-refractivity contribution in [2.24, 2.45) is 23.7 Å². The minimum atomic E-state index is -0.0472. The summed E-state index contributed by atoms with van der Waals surface area (Å²) < 4.78 is 0. The van der Waals surface area contributed by atoms with Crippen LogP contribution < -0.4 is 5.32 Å². The lowest BCUT2D eigenvalue weighted by Crippen LogP contribution is -2.34. The summed E-state index contributed by atoms with van der Waals surface area (Å²) in [6.07, 6.45) is 2.14. The zero-order valence-corrected chi connectivity index (χ0v) is 8.04. The molecule has 1 N–H and O–H groups in total. The van der Waals surface area contributed by atoms with Gasteiger partial charge in [0, 0.05) is 0 Å². The van der Waals surface area contributed by atoms with Gasteiger partial charge in [0.05, 0.1) is 11.8 Å². The molecule has 0 spiro atoms. The van der Waals surface area contributed by atoms with Crippen molar-refractivity contribution in [2.45, 2.75) is 26.7 Å². The van der Waals surface area contributed by atoms with Crippen molar-refractivity contribution in [2.75, 3.05) is 0 Å². The topological polar surface area (TPSA) is 46.2 Å². The second-order valence-electron chi connectivity index (χ2n) is 4.44. The lowest BCUT2D eigenvalue weighted by atomic mass is 9.69. The zero-order chi connectivity index (χ0) is 9.59. The summed E-state index contributed by atoms with van der Waals surface area (Å²) >= 11 is 0. The van der Waals surface area contributed by atoms with E-state index in [0.717, 1.165) is 12.8 Å². The third kappa shape index (κ3) is 1.18. The van der Waals surface area contributed by atoms with Crippen LogP contribution in [0.1, 0.15) is 26.7 Å². The first-order chi connectivity index (χ1) is 6.11. The Balaban J connectivity index is 2.29. The van der Waals surface area contributed by atoms with Crippen LogP contribution in [-0.2, 0) is 9.59 Å². The van der Waals surface area contributed by atoms with Gasteiger partial charge in [0.2, 0.25) is 11.8 Å². The van der Waals surface area contributed by atoms with Gasteiger partial charge in [-0.05, 0) is 24.7 Å². The normalized spacial score (nSPS) is 44.5. The lowest BCUT2D eigenvalue weighted by Gasteiger charge is -2.32. The van der Waals surface area contributed by atoms with Crippen molar-refractivity contribution in [1.82, 2.24) is 5.32 Å². The molecule has 0 aromatic carbocycles. The Hall–Kier alpha value is -0.860. The Morgan fingerprint density at radius 3 is 1.77 bits per heavy atom. The molecule has 2 rings (SSSR count). The number of rotatable bonds is 0. The lowest BCUT2D eigenvalue weighted by molar-refractivity contribution is -0.126. The second-order valence-corrected chi connectivity index (χ2v) is 4.44. The molecule has 2 unspecified atom stereocenters.